The highest BCUT2D eigenvalue weighted by Gasteiger charge is 2.34. The number of hydrogen-bond donors (Lipinski definition) is 1. The van der Waals surface area contributed by atoms with Crippen molar-refractivity contribution in [3.8, 4) is 0 Å². The second kappa shape index (κ2) is 7.45. The van der Waals surface area contributed by atoms with Crippen molar-refractivity contribution in [1.29, 1.82) is 0 Å². The molecule has 0 spiro atoms. The van der Waals surface area contributed by atoms with Crippen molar-refractivity contribution in [1.82, 2.24) is 18.8 Å². The van der Waals surface area contributed by atoms with Gasteiger partial charge >= 0.3 is 0 Å². The van der Waals surface area contributed by atoms with Gasteiger partial charge in [0.25, 0.3) is 10.0 Å². The molecule has 0 aromatic carbocycles. The zero-order valence-corrected chi connectivity index (χ0v) is 16.7. The van der Waals surface area contributed by atoms with Gasteiger partial charge in [0, 0.05) is 30.7 Å². The van der Waals surface area contributed by atoms with Crippen LogP contribution in [-0.2, 0) is 14.8 Å². The molecule has 0 aliphatic carbocycles. The molecule has 1 amide bonds. The van der Waals surface area contributed by atoms with Crippen LogP contribution in [0.5, 0.6) is 0 Å². The smallest absolute Gasteiger partial charge is 0.262 e. The van der Waals surface area contributed by atoms with E-state index in [4.69, 9.17) is 0 Å². The van der Waals surface area contributed by atoms with Gasteiger partial charge < -0.3 is 9.88 Å². The summed E-state index contributed by atoms with van der Waals surface area (Å²) in [6.45, 7) is 6.33. The fraction of sp³-hybridized carbons (Fsp3) is 0.562. The van der Waals surface area contributed by atoms with E-state index < -0.39 is 15.9 Å². The topological polar surface area (TPSA) is 97.2 Å². The van der Waals surface area contributed by atoms with Gasteiger partial charge in [-0.05, 0) is 33.6 Å². The molecular formula is C16H23N5O3S2. The van der Waals surface area contributed by atoms with E-state index in [1.165, 1.54) is 22.0 Å². The molecule has 1 fully saturated rings. The van der Waals surface area contributed by atoms with Gasteiger partial charge in [0.05, 0.1) is 17.9 Å². The molecule has 2 aromatic heterocycles. The molecule has 1 unspecified atom stereocenters. The molecule has 3 rings (SSSR count). The largest absolute Gasteiger partial charge is 0.334 e. The van der Waals surface area contributed by atoms with Crippen LogP contribution in [0.4, 0.5) is 5.13 Å². The quantitative estimate of drug-likeness (QED) is 0.835. The Morgan fingerprint density at radius 1 is 1.42 bits per heavy atom. The highest BCUT2D eigenvalue weighted by Crippen LogP contribution is 2.25. The van der Waals surface area contributed by atoms with E-state index in [0.717, 1.165) is 5.69 Å². The van der Waals surface area contributed by atoms with Gasteiger partial charge in [-0.1, -0.05) is 0 Å². The van der Waals surface area contributed by atoms with Gasteiger partial charge in [0.15, 0.2) is 10.2 Å². The lowest BCUT2D eigenvalue weighted by Gasteiger charge is -2.30. The monoisotopic (exact) mass is 397 g/mol. The van der Waals surface area contributed by atoms with Crippen molar-refractivity contribution in [3.05, 3.63) is 23.6 Å². The molecule has 2 aromatic rings. The molecule has 0 saturated carbocycles. The highest BCUT2D eigenvalue weighted by atomic mass is 32.2. The summed E-state index contributed by atoms with van der Waals surface area (Å²) in [5.74, 6) is -0.582. The summed E-state index contributed by atoms with van der Waals surface area (Å²) < 4.78 is 28.8. The number of hydrogen-bond acceptors (Lipinski definition) is 6. The number of amides is 1. The third kappa shape index (κ3) is 3.97. The van der Waals surface area contributed by atoms with Crippen LogP contribution in [0.25, 0.3) is 0 Å². The normalized spacial score (nSPS) is 19.0. The fourth-order valence-corrected chi connectivity index (χ4v) is 5.00. The van der Waals surface area contributed by atoms with Crippen LogP contribution in [0.3, 0.4) is 0 Å². The Labute approximate surface area is 157 Å². The first-order valence-electron chi connectivity index (χ1n) is 8.54. The SMILES string of the molecule is Cc1csc(NC(=O)C2CCCN(S(=O)(=O)c3cn(C(C)C)cn3)C2)n1. The minimum atomic E-state index is -3.70. The van der Waals surface area contributed by atoms with E-state index >= 15 is 0 Å². The summed E-state index contributed by atoms with van der Waals surface area (Å²) >= 11 is 1.36. The number of nitrogens with zero attached hydrogens (tertiary/aromatic N) is 4. The number of thiazole rings is 1. The first-order valence-corrected chi connectivity index (χ1v) is 10.9. The van der Waals surface area contributed by atoms with Crippen LogP contribution in [-0.4, -0.2) is 46.3 Å². The minimum absolute atomic E-state index is 0.0304. The van der Waals surface area contributed by atoms with Crippen LogP contribution in [0.2, 0.25) is 0 Å². The summed E-state index contributed by atoms with van der Waals surface area (Å²) in [7, 11) is -3.70. The molecule has 0 radical (unpaired) electrons. The zero-order valence-electron chi connectivity index (χ0n) is 15.0. The van der Waals surface area contributed by atoms with E-state index in [1.807, 2.05) is 26.2 Å². The Kier molecular flexibility index (Phi) is 5.44. The molecule has 8 nitrogen and oxygen atoms in total. The first kappa shape index (κ1) is 19.0. The molecule has 1 aliphatic rings. The van der Waals surface area contributed by atoms with Gasteiger partial charge in [-0.15, -0.1) is 11.3 Å². The summed E-state index contributed by atoms with van der Waals surface area (Å²) in [4.78, 5) is 20.8. The fourth-order valence-electron chi connectivity index (χ4n) is 2.86. The maximum Gasteiger partial charge on any atom is 0.262 e. The second-order valence-corrected chi connectivity index (χ2v) is 9.48. The summed E-state index contributed by atoms with van der Waals surface area (Å²) in [5, 5.41) is 5.22. The van der Waals surface area contributed by atoms with Gasteiger partial charge in [-0.3, -0.25) is 4.79 Å². The molecule has 3 heterocycles. The maximum absolute atomic E-state index is 12.9. The molecule has 26 heavy (non-hydrogen) atoms. The number of rotatable bonds is 5. The average Bonchev–Trinajstić information content (AvgIpc) is 3.24. The van der Waals surface area contributed by atoms with Gasteiger partial charge in [-0.2, -0.15) is 4.31 Å². The Morgan fingerprint density at radius 3 is 2.81 bits per heavy atom. The van der Waals surface area contributed by atoms with Crippen molar-refractivity contribution in [2.24, 2.45) is 5.92 Å². The summed E-state index contributed by atoms with van der Waals surface area (Å²) in [6.07, 6.45) is 4.36. The number of aromatic nitrogens is 3. The molecule has 1 atom stereocenters. The lowest BCUT2D eigenvalue weighted by atomic mass is 9.99. The molecule has 1 saturated heterocycles. The summed E-state index contributed by atoms with van der Waals surface area (Å²) in [5.41, 5.74) is 0.846. The van der Waals surface area contributed by atoms with E-state index in [-0.39, 0.29) is 23.5 Å². The first-order chi connectivity index (χ1) is 12.3. The van der Waals surface area contributed by atoms with Crippen molar-refractivity contribution in [2.45, 2.75) is 44.7 Å². The number of imidazole rings is 1. The van der Waals surface area contributed by atoms with Crippen molar-refractivity contribution < 1.29 is 13.2 Å². The molecule has 0 bridgehead atoms. The van der Waals surface area contributed by atoms with E-state index in [2.05, 4.69) is 15.3 Å². The third-order valence-electron chi connectivity index (χ3n) is 4.38. The van der Waals surface area contributed by atoms with E-state index in [9.17, 15) is 13.2 Å². The van der Waals surface area contributed by atoms with Gasteiger partial charge in [0.1, 0.15) is 0 Å². The minimum Gasteiger partial charge on any atom is -0.334 e. The number of sulfonamides is 1. The Hall–Kier alpha value is -1.78. The third-order valence-corrected chi connectivity index (χ3v) is 7.01. The molecular weight excluding hydrogens is 374 g/mol. The van der Waals surface area contributed by atoms with Crippen molar-refractivity contribution in [3.63, 3.8) is 0 Å². The lowest BCUT2D eigenvalue weighted by molar-refractivity contribution is -0.120. The maximum atomic E-state index is 12.9. The molecule has 142 valence electrons. The molecule has 1 aliphatic heterocycles. The second-order valence-electron chi connectivity index (χ2n) is 6.74. The number of aryl methyl sites for hydroxylation is 1. The predicted octanol–water partition coefficient (Wildman–Crippen LogP) is 2.27. The van der Waals surface area contributed by atoms with Crippen LogP contribution >= 0.6 is 11.3 Å². The van der Waals surface area contributed by atoms with Crippen LogP contribution in [0, 0.1) is 12.8 Å². The number of nitrogens with one attached hydrogen (secondary N) is 1. The van der Waals surface area contributed by atoms with Crippen molar-refractivity contribution in [2.75, 3.05) is 18.4 Å². The Balaban J connectivity index is 1.71. The van der Waals surface area contributed by atoms with Gasteiger partial charge in [0.2, 0.25) is 5.91 Å². The Bertz CT molecular complexity index is 887. The standard InChI is InChI=1S/C16H23N5O3S2/c1-11(2)20-8-14(17-10-20)26(23,24)21-6-4-5-13(7-21)15(22)19-16-18-12(3)9-25-16/h8-11,13H,4-7H2,1-3H3,(H,18,19,22). The average molecular weight is 398 g/mol. The lowest BCUT2D eigenvalue weighted by Crippen LogP contribution is -2.43. The number of carbonyl (C=O) groups is 1. The van der Waals surface area contributed by atoms with Crippen molar-refractivity contribution >= 4 is 32.4 Å². The van der Waals surface area contributed by atoms with E-state index in [1.54, 1.807) is 10.8 Å². The van der Waals surface area contributed by atoms with Crippen LogP contribution in [0.1, 0.15) is 38.4 Å². The van der Waals surface area contributed by atoms with Crippen LogP contribution in [0.15, 0.2) is 22.9 Å². The molecule has 1 N–H and O–H groups in total. The highest BCUT2D eigenvalue weighted by molar-refractivity contribution is 7.89. The van der Waals surface area contributed by atoms with Gasteiger partial charge in [-0.25, -0.2) is 18.4 Å². The zero-order chi connectivity index (χ0) is 18.9. The summed E-state index contributed by atoms with van der Waals surface area (Å²) in [6, 6.07) is 0.132. The Morgan fingerprint density at radius 2 is 2.19 bits per heavy atom. The van der Waals surface area contributed by atoms with E-state index in [0.29, 0.717) is 24.5 Å². The predicted molar refractivity (Wildman–Crippen MR) is 99.6 cm³/mol. The molecule has 10 heteroatoms. The van der Waals surface area contributed by atoms with Crippen LogP contribution < -0.4 is 5.32 Å². The number of anilines is 1. The number of piperidine rings is 1. The number of carbonyl (C=O) groups excluding carboxylic acids is 1.